The van der Waals surface area contributed by atoms with Crippen molar-refractivity contribution >= 4 is 44.8 Å². The zero-order chi connectivity index (χ0) is 20.2. The van der Waals surface area contributed by atoms with Crippen LogP contribution in [0.15, 0.2) is 47.4 Å². The number of carbonyl (C=O) groups is 1. The molecule has 9 heteroatoms. The average molecular weight is 430 g/mol. The second-order valence-corrected chi connectivity index (χ2v) is 9.25. The minimum Gasteiger partial charge on any atom is -0.325 e. The Hall–Kier alpha value is -1.64. The Kier molecular flexibility index (Phi) is 7.25. The number of likely N-dealkylation sites (N-methyl/N-ethyl adjacent to an activating group) is 1. The quantitative estimate of drug-likeness (QED) is 0.732. The molecule has 0 unspecified atom stereocenters. The largest absolute Gasteiger partial charge is 0.325 e. The molecule has 0 aliphatic carbocycles. The molecular formula is C18H21Cl2N3O3S. The molecule has 0 heterocycles. The molecule has 2 rings (SSSR count). The molecule has 0 aliphatic heterocycles. The molecule has 27 heavy (non-hydrogen) atoms. The van der Waals surface area contributed by atoms with Gasteiger partial charge in [0.2, 0.25) is 15.9 Å². The SMILES string of the molecule is CN(CC(=O)Nc1ccc(Cl)c(S(=O)(=O)N(C)C)c1)Cc1cccc(Cl)c1. The fourth-order valence-corrected chi connectivity index (χ4v) is 4.03. The molecule has 0 aliphatic rings. The highest BCUT2D eigenvalue weighted by molar-refractivity contribution is 7.89. The number of hydrogen-bond acceptors (Lipinski definition) is 4. The van der Waals surface area contributed by atoms with Crippen LogP contribution < -0.4 is 5.32 Å². The Morgan fingerprint density at radius 2 is 1.78 bits per heavy atom. The Bertz CT molecular complexity index is 933. The van der Waals surface area contributed by atoms with Gasteiger partial charge in [-0.15, -0.1) is 0 Å². The maximum Gasteiger partial charge on any atom is 0.244 e. The van der Waals surface area contributed by atoms with E-state index in [1.54, 1.807) is 12.1 Å². The molecule has 0 bridgehead atoms. The van der Waals surface area contributed by atoms with Crippen LogP contribution in [0.1, 0.15) is 5.56 Å². The second-order valence-electron chi connectivity index (χ2n) is 6.28. The smallest absolute Gasteiger partial charge is 0.244 e. The standard InChI is InChI=1S/C18H21Cl2N3O3S/c1-22(2)27(25,26)17-10-15(7-8-16(17)20)21-18(24)12-23(3)11-13-5-4-6-14(19)9-13/h4-10H,11-12H2,1-3H3,(H,21,24). The van der Waals surface area contributed by atoms with E-state index in [-0.39, 0.29) is 22.4 Å². The lowest BCUT2D eigenvalue weighted by atomic mass is 10.2. The Morgan fingerprint density at radius 3 is 2.41 bits per heavy atom. The van der Waals surface area contributed by atoms with Gasteiger partial charge >= 0.3 is 0 Å². The van der Waals surface area contributed by atoms with Crippen molar-refractivity contribution in [2.45, 2.75) is 11.4 Å². The predicted octanol–water partition coefficient (Wildman–Crippen LogP) is 3.31. The Balaban J connectivity index is 2.05. The van der Waals surface area contributed by atoms with E-state index in [1.807, 2.05) is 30.1 Å². The van der Waals surface area contributed by atoms with Crippen molar-refractivity contribution in [3.05, 3.63) is 58.1 Å². The van der Waals surface area contributed by atoms with E-state index in [9.17, 15) is 13.2 Å². The second kappa shape index (κ2) is 9.03. The third-order valence-electron chi connectivity index (χ3n) is 3.73. The first-order chi connectivity index (χ1) is 12.6. The summed E-state index contributed by atoms with van der Waals surface area (Å²) in [6.07, 6.45) is 0. The first-order valence-electron chi connectivity index (χ1n) is 8.04. The van der Waals surface area contributed by atoms with Gasteiger partial charge < -0.3 is 5.32 Å². The number of anilines is 1. The van der Waals surface area contributed by atoms with E-state index < -0.39 is 10.0 Å². The van der Waals surface area contributed by atoms with E-state index in [0.29, 0.717) is 17.3 Å². The van der Waals surface area contributed by atoms with Crippen LogP contribution in [0.25, 0.3) is 0 Å². The van der Waals surface area contributed by atoms with E-state index >= 15 is 0 Å². The van der Waals surface area contributed by atoms with E-state index in [2.05, 4.69) is 5.32 Å². The van der Waals surface area contributed by atoms with Crippen molar-refractivity contribution in [1.82, 2.24) is 9.21 Å². The van der Waals surface area contributed by atoms with Gasteiger partial charge in [-0.3, -0.25) is 9.69 Å². The molecule has 0 radical (unpaired) electrons. The summed E-state index contributed by atoms with van der Waals surface area (Å²) in [6.45, 7) is 0.680. The number of hydrogen-bond donors (Lipinski definition) is 1. The fraction of sp³-hybridized carbons (Fsp3) is 0.278. The maximum atomic E-state index is 12.3. The number of carbonyl (C=O) groups excluding carboxylic acids is 1. The molecule has 6 nitrogen and oxygen atoms in total. The number of benzene rings is 2. The monoisotopic (exact) mass is 429 g/mol. The first kappa shape index (κ1) is 21.7. The number of amides is 1. The Labute approximate surface area is 169 Å². The molecule has 146 valence electrons. The lowest BCUT2D eigenvalue weighted by Crippen LogP contribution is -2.30. The fourth-order valence-electron chi connectivity index (χ4n) is 2.42. The summed E-state index contributed by atoms with van der Waals surface area (Å²) >= 11 is 12.0. The highest BCUT2D eigenvalue weighted by Crippen LogP contribution is 2.26. The van der Waals surface area contributed by atoms with Gasteiger partial charge in [0.25, 0.3) is 0 Å². The summed E-state index contributed by atoms with van der Waals surface area (Å²) in [5.74, 6) is -0.268. The van der Waals surface area contributed by atoms with Crippen LogP contribution in [0.3, 0.4) is 0 Å². The highest BCUT2D eigenvalue weighted by Gasteiger charge is 2.21. The third-order valence-corrected chi connectivity index (χ3v) is 6.26. The predicted molar refractivity (Wildman–Crippen MR) is 109 cm³/mol. The molecule has 1 amide bonds. The first-order valence-corrected chi connectivity index (χ1v) is 10.2. The normalized spacial score (nSPS) is 11.8. The van der Waals surface area contributed by atoms with Crippen LogP contribution in [0, 0.1) is 0 Å². The Morgan fingerprint density at radius 1 is 1.07 bits per heavy atom. The van der Waals surface area contributed by atoms with Crippen LogP contribution in [-0.2, 0) is 21.4 Å². The lowest BCUT2D eigenvalue weighted by Gasteiger charge is -2.17. The van der Waals surface area contributed by atoms with Gasteiger partial charge in [0.15, 0.2) is 0 Å². The van der Waals surface area contributed by atoms with Crippen LogP contribution in [0.4, 0.5) is 5.69 Å². The zero-order valence-electron chi connectivity index (χ0n) is 15.2. The van der Waals surface area contributed by atoms with Gasteiger partial charge in [0.1, 0.15) is 4.90 Å². The molecule has 2 aromatic carbocycles. The molecule has 0 spiro atoms. The average Bonchev–Trinajstić information content (AvgIpc) is 2.56. The molecule has 0 saturated carbocycles. The van der Waals surface area contributed by atoms with Crippen molar-refractivity contribution in [2.75, 3.05) is 33.0 Å². The van der Waals surface area contributed by atoms with E-state index in [0.717, 1.165) is 9.87 Å². The maximum absolute atomic E-state index is 12.3. The number of nitrogens with zero attached hydrogens (tertiary/aromatic N) is 2. The number of nitrogens with one attached hydrogen (secondary N) is 1. The van der Waals surface area contributed by atoms with E-state index in [1.165, 1.54) is 26.2 Å². The summed E-state index contributed by atoms with van der Waals surface area (Å²) in [6, 6.07) is 11.8. The third kappa shape index (κ3) is 5.92. The van der Waals surface area contributed by atoms with Crippen LogP contribution in [-0.4, -0.2) is 51.2 Å². The van der Waals surface area contributed by atoms with Crippen molar-refractivity contribution in [3.63, 3.8) is 0 Å². The summed E-state index contributed by atoms with van der Waals surface area (Å²) in [5, 5.41) is 3.44. The van der Waals surface area contributed by atoms with Crippen LogP contribution in [0.5, 0.6) is 0 Å². The summed E-state index contributed by atoms with van der Waals surface area (Å²) in [4.78, 5) is 14.1. The molecule has 2 aromatic rings. The van der Waals surface area contributed by atoms with Crippen molar-refractivity contribution in [2.24, 2.45) is 0 Å². The number of sulfonamides is 1. The van der Waals surface area contributed by atoms with Crippen molar-refractivity contribution in [3.8, 4) is 0 Å². The summed E-state index contributed by atoms with van der Waals surface area (Å²) < 4.78 is 25.7. The molecule has 0 aromatic heterocycles. The van der Waals surface area contributed by atoms with E-state index in [4.69, 9.17) is 23.2 Å². The van der Waals surface area contributed by atoms with Crippen molar-refractivity contribution < 1.29 is 13.2 Å². The highest BCUT2D eigenvalue weighted by atomic mass is 35.5. The summed E-state index contributed by atoms with van der Waals surface area (Å²) in [7, 11) is 0.940. The van der Waals surface area contributed by atoms with Crippen LogP contribution >= 0.6 is 23.2 Å². The number of rotatable bonds is 7. The van der Waals surface area contributed by atoms with Gasteiger partial charge in [-0.2, -0.15) is 0 Å². The van der Waals surface area contributed by atoms with Crippen molar-refractivity contribution in [1.29, 1.82) is 0 Å². The molecule has 0 saturated heterocycles. The molecule has 1 N–H and O–H groups in total. The van der Waals surface area contributed by atoms with Gasteiger partial charge in [-0.05, 0) is 42.9 Å². The number of halogens is 2. The lowest BCUT2D eigenvalue weighted by molar-refractivity contribution is -0.117. The van der Waals surface area contributed by atoms with Gasteiger partial charge in [0.05, 0.1) is 11.6 Å². The van der Waals surface area contributed by atoms with Gasteiger partial charge in [0, 0.05) is 31.4 Å². The van der Waals surface area contributed by atoms with Crippen LogP contribution in [0.2, 0.25) is 10.0 Å². The van der Waals surface area contributed by atoms with Gasteiger partial charge in [-0.25, -0.2) is 12.7 Å². The minimum absolute atomic E-state index is 0.0563. The summed E-state index contributed by atoms with van der Waals surface area (Å²) in [5.41, 5.74) is 1.35. The molecular weight excluding hydrogens is 409 g/mol. The molecule has 0 fully saturated rings. The topological polar surface area (TPSA) is 69.7 Å². The van der Waals surface area contributed by atoms with Gasteiger partial charge in [-0.1, -0.05) is 35.3 Å². The molecule has 0 atom stereocenters. The minimum atomic E-state index is -3.71. The zero-order valence-corrected chi connectivity index (χ0v) is 17.6.